The van der Waals surface area contributed by atoms with Crippen molar-refractivity contribution in [1.82, 2.24) is 9.99 Å². The Morgan fingerprint density at radius 3 is 2.58 bits per heavy atom. The van der Waals surface area contributed by atoms with Gasteiger partial charge in [0.05, 0.1) is 23.1 Å². The van der Waals surface area contributed by atoms with Crippen LogP contribution < -0.4 is 5.43 Å². The molecule has 5 nitrogen and oxygen atoms in total. The molecule has 0 aliphatic carbocycles. The second kappa shape index (κ2) is 6.76. The van der Waals surface area contributed by atoms with E-state index in [0.29, 0.717) is 16.3 Å². The lowest BCUT2D eigenvalue weighted by atomic mass is 10.2. The SMILES string of the molecule is Cc1ccc(C)n1-c1ccc(C(=O)N/N=C\c2ccco2)c(Cl)c1. The van der Waals surface area contributed by atoms with Crippen LogP contribution in [0.4, 0.5) is 0 Å². The Balaban J connectivity index is 1.78. The fourth-order valence-corrected chi connectivity index (χ4v) is 2.74. The van der Waals surface area contributed by atoms with E-state index in [9.17, 15) is 4.79 Å². The third kappa shape index (κ3) is 3.26. The van der Waals surface area contributed by atoms with Gasteiger partial charge in [0, 0.05) is 17.1 Å². The molecule has 3 rings (SSSR count). The molecule has 0 saturated carbocycles. The first-order valence-corrected chi connectivity index (χ1v) is 7.76. The minimum atomic E-state index is -0.379. The monoisotopic (exact) mass is 341 g/mol. The molecule has 2 aromatic heterocycles. The van der Waals surface area contributed by atoms with Gasteiger partial charge in [-0.25, -0.2) is 5.43 Å². The first kappa shape index (κ1) is 16.1. The van der Waals surface area contributed by atoms with Gasteiger partial charge in [0.1, 0.15) is 5.76 Å². The number of benzene rings is 1. The molecular formula is C18H16ClN3O2. The Labute approximate surface area is 144 Å². The van der Waals surface area contributed by atoms with Crippen molar-refractivity contribution < 1.29 is 9.21 Å². The predicted molar refractivity (Wildman–Crippen MR) is 94.0 cm³/mol. The highest BCUT2D eigenvalue weighted by Crippen LogP contribution is 2.23. The molecular weight excluding hydrogens is 326 g/mol. The van der Waals surface area contributed by atoms with Crippen molar-refractivity contribution in [1.29, 1.82) is 0 Å². The lowest BCUT2D eigenvalue weighted by Gasteiger charge is -2.11. The van der Waals surface area contributed by atoms with Gasteiger partial charge in [0.25, 0.3) is 5.91 Å². The molecule has 0 atom stereocenters. The summed E-state index contributed by atoms with van der Waals surface area (Å²) < 4.78 is 7.17. The summed E-state index contributed by atoms with van der Waals surface area (Å²) in [7, 11) is 0. The van der Waals surface area contributed by atoms with Crippen molar-refractivity contribution in [2.75, 3.05) is 0 Å². The van der Waals surface area contributed by atoms with E-state index in [1.807, 2.05) is 32.0 Å². The highest BCUT2D eigenvalue weighted by molar-refractivity contribution is 6.34. The molecule has 0 fully saturated rings. The van der Waals surface area contributed by atoms with E-state index in [0.717, 1.165) is 17.1 Å². The summed E-state index contributed by atoms with van der Waals surface area (Å²) in [6, 6.07) is 12.9. The van der Waals surface area contributed by atoms with E-state index < -0.39 is 0 Å². The number of nitrogens with one attached hydrogen (secondary N) is 1. The van der Waals surface area contributed by atoms with Crippen molar-refractivity contribution in [2.45, 2.75) is 13.8 Å². The van der Waals surface area contributed by atoms with Gasteiger partial charge in [0.2, 0.25) is 0 Å². The van der Waals surface area contributed by atoms with Crippen LogP contribution in [-0.4, -0.2) is 16.7 Å². The Morgan fingerprint density at radius 1 is 1.21 bits per heavy atom. The van der Waals surface area contributed by atoms with E-state index >= 15 is 0 Å². The van der Waals surface area contributed by atoms with E-state index in [4.69, 9.17) is 16.0 Å². The molecule has 0 aliphatic rings. The number of hydrogen-bond donors (Lipinski definition) is 1. The van der Waals surface area contributed by atoms with Gasteiger partial charge in [-0.05, 0) is 56.3 Å². The van der Waals surface area contributed by atoms with Crippen molar-refractivity contribution in [3.8, 4) is 5.69 Å². The summed E-state index contributed by atoms with van der Waals surface area (Å²) >= 11 is 6.28. The molecule has 0 unspecified atom stereocenters. The molecule has 1 aromatic carbocycles. The van der Waals surface area contributed by atoms with Crippen LogP contribution in [0.5, 0.6) is 0 Å². The zero-order chi connectivity index (χ0) is 17.1. The summed E-state index contributed by atoms with van der Waals surface area (Å²) in [6.45, 7) is 4.04. The highest BCUT2D eigenvalue weighted by atomic mass is 35.5. The number of nitrogens with zero attached hydrogens (tertiary/aromatic N) is 2. The number of amides is 1. The second-order valence-electron chi connectivity index (χ2n) is 5.33. The lowest BCUT2D eigenvalue weighted by molar-refractivity contribution is 0.0955. The van der Waals surface area contributed by atoms with Gasteiger partial charge in [-0.2, -0.15) is 5.10 Å². The maximum atomic E-state index is 12.2. The summed E-state index contributed by atoms with van der Waals surface area (Å²) in [5.41, 5.74) is 5.91. The van der Waals surface area contributed by atoms with Crippen molar-refractivity contribution in [2.24, 2.45) is 5.10 Å². The minimum absolute atomic E-state index is 0.361. The number of furan rings is 1. The van der Waals surface area contributed by atoms with Crippen LogP contribution in [0.1, 0.15) is 27.5 Å². The van der Waals surface area contributed by atoms with Crippen LogP contribution in [0.25, 0.3) is 5.69 Å². The number of hydrazone groups is 1. The van der Waals surface area contributed by atoms with Crippen molar-refractivity contribution in [3.05, 3.63) is 76.5 Å². The number of halogens is 1. The van der Waals surface area contributed by atoms with E-state index in [1.165, 1.54) is 12.5 Å². The zero-order valence-corrected chi connectivity index (χ0v) is 14.0. The standard InChI is InChI=1S/C18H16ClN3O2/c1-12-5-6-13(2)22(12)14-7-8-16(17(19)10-14)18(23)21-20-11-15-4-3-9-24-15/h3-11H,1-2H3,(H,21,23)/b20-11-. The third-order valence-electron chi connectivity index (χ3n) is 3.63. The Hall–Kier alpha value is -2.79. The molecule has 1 amide bonds. The lowest BCUT2D eigenvalue weighted by Crippen LogP contribution is -2.18. The molecule has 3 aromatic rings. The van der Waals surface area contributed by atoms with Crippen LogP contribution in [-0.2, 0) is 0 Å². The number of carbonyl (C=O) groups excluding carboxylic acids is 1. The maximum absolute atomic E-state index is 12.2. The van der Waals surface area contributed by atoms with Crippen LogP contribution in [0.15, 0.2) is 58.2 Å². The second-order valence-corrected chi connectivity index (χ2v) is 5.74. The van der Waals surface area contributed by atoms with Crippen LogP contribution in [0, 0.1) is 13.8 Å². The van der Waals surface area contributed by atoms with Gasteiger partial charge in [0.15, 0.2) is 0 Å². The largest absolute Gasteiger partial charge is 0.463 e. The first-order chi connectivity index (χ1) is 11.6. The Morgan fingerprint density at radius 2 is 1.96 bits per heavy atom. The van der Waals surface area contributed by atoms with Crippen molar-refractivity contribution in [3.63, 3.8) is 0 Å². The average molecular weight is 342 g/mol. The molecule has 0 spiro atoms. The molecule has 0 aliphatic heterocycles. The molecule has 1 N–H and O–H groups in total. The summed E-state index contributed by atoms with van der Waals surface area (Å²) in [5, 5.41) is 4.22. The van der Waals surface area contributed by atoms with Gasteiger partial charge in [-0.15, -0.1) is 0 Å². The number of rotatable bonds is 4. The van der Waals surface area contributed by atoms with Gasteiger partial charge in [-0.1, -0.05) is 11.6 Å². The van der Waals surface area contributed by atoms with Gasteiger partial charge in [-0.3, -0.25) is 4.79 Å². The van der Waals surface area contributed by atoms with Crippen LogP contribution in [0.2, 0.25) is 5.02 Å². The molecule has 0 bridgehead atoms. The Kier molecular flexibility index (Phi) is 4.53. The predicted octanol–water partition coefficient (Wildman–Crippen LogP) is 4.10. The summed E-state index contributed by atoms with van der Waals surface area (Å²) in [4.78, 5) is 12.2. The maximum Gasteiger partial charge on any atom is 0.272 e. The number of aryl methyl sites for hydroxylation is 2. The molecule has 6 heteroatoms. The molecule has 0 saturated heterocycles. The number of hydrogen-bond acceptors (Lipinski definition) is 3. The zero-order valence-electron chi connectivity index (χ0n) is 13.3. The van der Waals surface area contributed by atoms with E-state index in [2.05, 4.69) is 15.1 Å². The smallest absolute Gasteiger partial charge is 0.272 e. The van der Waals surface area contributed by atoms with E-state index in [-0.39, 0.29) is 5.91 Å². The quantitative estimate of drug-likeness (QED) is 0.573. The summed E-state index contributed by atoms with van der Waals surface area (Å²) in [5.74, 6) is 0.172. The molecule has 24 heavy (non-hydrogen) atoms. The third-order valence-corrected chi connectivity index (χ3v) is 3.94. The molecule has 0 radical (unpaired) electrons. The van der Waals surface area contributed by atoms with Gasteiger partial charge >= 0.3 is 0 Å². The normalized spacial score (nSPS) is 11.1. The number of carbonyl (C=O) groups is 1. The topological polar surface area (TPSA) is 59.5 Å². The van der Waals surface area contributed by atoms with Crippen molar-refractivity contribution >= 4 is 23.7 Å². The average Bonchev–Trinajstić information content (AvgIpc) is 3.17. The highest BCUT2D eigenvalue weighted by Gasteiger charge is 2.12. The Bertz CT molecular complexity index is 876. The molecule has 2 heterocycles. The van der Waals surface area contributed by atoms with E-state index in [1.54, 1.807) is 24.3 Å². The fraction of sp³-hybridized carbons (Fsp3) is 0.111. The fourth-order valence-electron chi connectivity index (χ4n) is 2.48. The minimum Gasteiger partial charge on any atom is -0.463 e. The van der Waals surface area contributed by atoms with Crippen LogP contribution in [0.3, 0.4) is 0 Å². The molecule has 122 valence electrons. The van der Waals surface area contributed by atoms with Crippen LogP contribution >= 0.6 is 11.6 Å². The number of aromatic nitrogens is 1. The summed E-state index contributed by atoms with van der Waals surface area (Å²) in [6.07, 6.45) is 2.96. The van der Waals surface area contributed by atoms with Gasteiger partial charge < -0.3 is 8.98 Å². The first-order valence-electron chi connectivity index (χ1n) is 7.38.